The highest BCUT2D eigenvalue weighted by atomic mass is 16.4. The maximum absolute atomic E-state index is 11.3. The van der Waals surface area contributed by atoms with Crippen LogP contribution in [0, 0.1) is 24.2 Å². The fourth-order valence-corrected chi connectivity index (χ4v) is 2.68. The predicted octanol–water partition coefficient (Wildman–Crippen LogP) is 2.58. The lowest BCUT2D eigenvalue weighted by Crippen LogP contribution is -2.36. The Hall–Kier alpha value is -1.06. The van der Waals surface area contributed by atoms with Crippen molar-refractivity contribution in [3.63, 3.8) is 0 Å². The second-order valence-electron chi connectivity index (χ2n) is 4.80. The largest absolute Gasteiger partial charge is 0.481 e. The van der Waals surface area contributed by atoms with Crippen molar-refractivity contribution < 1.29 is 19.8 Å². The Labute approximate surface area is 102 Å². The first-order valence-electron chi connectivity index (χ1n) is 6.35. The average Bonchev–Trinajstić information content (AvgIpc) is 2.29. The van der Waals surface area contributed by atoms with E-state index in [0.29, 0.717) is 19.3 Å². The molecule has 0 heterocycles. The average molecular weight is 241 g/mol. The summed E-state index contributed by atoms with van der Waals surface area (Å²) in [6.45, 7) is 2.01. The summed E-state index contributed by atoms with van der Waals surface area (Å²) in [7, 11) is 0. The summed E-state index contributed by atoms with van der Waals surface area (Å²) in [6, 6.07) is 0. The maximum atomic E-state index is 11.3. The zero-order chi connectivity index (χ0) is 12.8. The summed E-state index contributed by atoms with van der Waals surface area (Å²) < 4.78 is 0. The van der Waals surface area contributed by atoms with Gasteiger partial charge in [0.15, 0.2) is 0 Å². The number of hydrogen-bond donors (Lipinski definition) is 2. The second-order valence-corrected chi connectivity index (χ2v) is 4.80. The molecule has 0 bridgehead atoms. The molecular formula is C13H21O4. The fraction of sp³-hybridized carbons (Fsp3) is 0.769. The molecule has 4 nitrogen and oxygen atoms in total. The van der Waals surface area contributed by atoms with Crippen molar-refractivity contribution in [3.8, 4) is 0 Å². The Kier molecular flexibility index (Phi) is 5.45. The Balaban J connectivity index is 2.74. The van der Waals surface area contributed by atoms with E-state index in [1.807, 2.05) is 13.3 Å². The van der Waals surface area contributed by atoms with Crippen LogP contribution in [0.2, 0.25) is 0 Å². The standard InChI is InChI=1S/C13H21O4/c1-2-3-6-10(12(14)15)9-7-4-5-8-11(9)13(16)17/h4,9-11H,2-3,5-8H2,1H3,(H,14,15)(H,16,17). The first kappa shape index (κ1) is 14.0. The van der Waals surface area contributed by atoms with E-state index in [4.69, 9.17) is 5.11 Å². The van der Waals surface area contributed by atoms with Crippen molar-refractivity contribution in [2.45, 2.75) is 45.4 Å². The molecule has 0 aliphatic heterocycles. The van der Waals surface area contributed by atoms with Crippen LogP contribution in [0.3, 0.4) is 0 Å². The van der Waals surface area contributed by atoms with E-state index in [-0.39, 0.29) is 5.92 Å². The van der Waals surface area contributed by atoms with Gasteiger partial charge in [-0.2, -0.15) is 0 Å². The molecule has 1 fully saturated rings. The van der Waals surface area contributed by atoms with Crippen LogP contribution in [0.25, 0.3) is 0 Å². The van der Waals surface area contributed by atoms with Crippen LogP contribution < -0.4 is 0 Å². The number of carbonyl (C=O) groups is 2. The van der Waals surface area contributed by atoms with Gasteiger partial charge in [0, 0.05) is 0 Å². The first-order valence-corrected chi connectivity index (χ1v) is 6.35. The normalized spacial score (nSPS) is 26.4. The summed E-state index contributed by atoms with van der Waals surface area (Å²) in [5.74, 6) is -2.91. The molecule has 1 radical (unpaired) electrons. The minimum absolute atomic E-state index is 0.231. The lowest BCUT2D eigenvalue weighted by Gasteiger charge is -2.32. The molecule has 0 aromatic carbocycles. The van der Waals surface area contributed by atoms with E-state index in [9.17, 15) is 14.7 Å². The van der Waals surface area contributed by atoms with Crippen LogP contribution in [0.15, 0.2) is 0 Å². The molecule has 3 atom stereocenters. The summed E-state index contributed by atoms with van der Waals surface area (Å²) in [6.07, 6.45) is 6.40. The molecule has 1 aliphatic carbocycles. The number of unbranched alkanes of at least 4 members (excludes halogenated alkanes) is 1. The number of carboxylic acid groups (broad SMARTS) is 2. The van der Waals surface area contributed by atoms with E-state index in [2.05, 4.69) is 0 Å². The predicted molar refractivity (Wildman–Crippen MR) is 63.4 cm³/mol. The van der Waals surface area contributed by atoms with Crippen LogP contribution in [0.4, 0.5) is 0 Å². The summed E-state index contributed by atoms with van der Waals surface area (Å²) in [4.78, 5) is 22.4. The van der Waals surface area contributed by atoms with Crippen molar-refractivity contribution in [2.75, 3.05) is 0 Å². The molecule has 1 aliphatic rings. The van der Waals surface area contributed by atoms with Crippen LogP contribution in [0.1, 0.15) is 45.4 Å². The van der Waals surface area contributed by atoms with Crippen LogP contribution in [-0.2, 0) is 9.59 Å². The molecule has 0 aromatic heterocycles. The topological polar surface area (TPSA) is 74.6 Å². The van der Waals surface area contributed by atoms with Crippen molar-refractivity contribution in [1.82, 2.24) is 0 Å². The van der Waals surface area contributed by atoms with Gasteiger partial charge in [-0.15, -0.1) is 0 Å². The molecule has 2 N–H and O–H groups in total. The van der Waals surface area contributed by atoms with E-state index in [1.54, 1.807) is 0 Å². The van der Waals surface area contributed by atoms with Crippen molar-refractivity contribution in [1.29, 1.82) is 0 Å². The van der Waals surface area contributed by atoms with E-state index < -0.39 is 23.8 Å². The van der Waals surface area contributed by atoms with E-state index in [0.717, 1.165) is 19.3 Å². The molecule has 1 saturated carbocycles. The van der Waals surface area contributed by atoms with Gasteiger partial charge >= 0.3 is 11.9 Å². The van der Waals surface area contributed by atoms with Crippen LogP contribution in [-0.4, -0.2) is 22.2 Å². The molecule has 0 spiro atoms. The van der Waals surface area contributed by atoms with Gasteiger partial charge in [-0.05, 0) is 38.0 Å². The third kappa shape index (κ3) is 3.72. The highest BCUT2D eigenvalue weighted by Gasteiger charge is 2.38. The molecule has 4 heteroatoms. The second kappa shape index (κ2) is 6.62. The van der Waals surface area contributed by atoms with Gasteiger partial charge in [-0.25, -0.2) is 0 Å². The SMILES string of the molecule is CCCCC(C(=O)O)C1C[CH]CCC1C(=O)O. The Morgan fingerprint density at radius 2 is 2.12 bits per heavy atom. The lowest BCUT2D eigenvalue weighted by molar-refractivity contribution is -0.150. The quantitative estimate of drug-likeness (QED) is 0.749. The first-order chi connectivity index (χ1) is 8.07. The van der Waals surface area contributed by atoms with E-state index >= 15 is 0 Å². The lowest BCUT2D eigenvalue weighted by atomic mass is 9.71. The summed E-state index contributed by atoms with van der Waals surface area (Å²) in [5, 5.41) is 18.4. The Morgan fingerprint density at radius 3 is 2.65 bits per heavy atom. The third-order valence-corrected chi connectivity index (χ3v) is 3.66. The van der Waals surface area contributed by atoms with Crippen LogP contribution in [0.5, 0.6) is 0 Å². The van der Waals surface area contributed by atoms with Gasteiger partial charge in [0.05, 0.1) is 11.8 Å². The molecule has 17 heavy (non-hydrogen) atoms. The van der Waals surface area contributed by atoms with Crippen molar-refractivity contribution in [3.05, 3.63) is 6.42 Å². The molecule has 0 aromatic rings. The molecule has 0 amide bonds. The number of aliphatic carboxylic acids is 2. The Morgan fingerprint density at radius 1 is 1.41 bits per heavy atom. The minimum atomic E-state index is -0.843. The number of hydrogen-bond acceptors (Lipinski definition) is 2. The van der Waals surface area contributed by atoms with Gasteiger partial charge in [0.25, 0.3) is 0 Å². The van der Waals surface area contributed by atoms with E-state index in [1.165, 1.54) is 0 Å². The zero-order valence-corrected chi connectivity index (χ0v) is 10.3. The van der Waals surface area contributed by atoms with Gasteiger partial charge in [0.2, 0.25) is 0 Å². The molecule has 3 unspecified atom stereocenters. The summed E-state index contributed by atoms with van der Waals surface area (Å²) in [5.41, 5.74) is 0. The maximum Gasteiger partial charge on any atom is 0.306 e. The number of rotatable bonds is 6. The monoisotopic (exact) mass is 241 g/mol. The third-order valence-electron chi connectivity index (χ3n) is 3.66. The molecular weight excluding hydrogens is 220 g/mol. The van der Waals surface area contributed by atoms with Gasteiger partial charge < -0.3 is 10.2 Å². The molecule has 97 valence electrons. The Bertz CT molecular complexity index is 275. The van der Waals surface area contributed by atoms with Crippen LogP contribution >= 0.6 is 0 Å². The smallest absolute Gasteiger partial charge is 0.306 e. The van der Waals surface area contributed by atoms with Gasteiger partial charge in [-0.1, -0.05) is 19.8 Å². The summed E-state index contributed by atoms with van der Waals surface area (Å²) >= 11 is 0. The zero-order valence-electron chi connectivity index (χ0n) is 10.3. The molecule has 0 saturated heterocycles. The van der Waals surface area contributed by atoms with Gasteiger partial charge in [-0.3, -0.25) is 9.59 Å². The highest BCUT2D eigenvalue weighted by Crippen LogP contribution is 2.37. The highest BCUT2D eigenvalue weighted by molar-refractivity contribution is 5.74. The minimum Gasteiger partial charge on any atom is -0.481 e. The molecule has 1 rings (SSSR count). The van der Waals surface area contributed by atoms with Gasteiger partial charge in [0.1, 0.15) is 0 Å². The fourth-order valence-electron chi connectivity index (χ4n) is 2.68. The van der Waals surface area contributed by atoms with Crippen molar-refractivity contribution >= 4 is 11.9 Å². The van der Waals surface area contributed by atoms with Crippen molar-refractivity contribution in [2.24, 2.45) is 17.8 Å². The number of carboxylic acids is 2.